The van der Waals surface area contributed by atoms with E-state index in [-0.39, 0.29) is 36.0 Å². The van der Waals surface area contributed by atoms with Gasteiger partial charge in [0.25, 0.3) is 5.91 Å². The first-order valence-corrected chi connectivity index (χ1v) is 10.8. The molecule has 1 atom stereocenters. The Morgan fingerprint density at radius 2 is 1.97 bits per heavy atom. The van der Waals surface area contributed by atoms with Crippen LogP contribution in [0, 0.1) is 5.92 Å². The molecule has 1 aromatic rings. The molecule has 170 valence electrons. The quantitative estimate of drug-likeness (QED) is 0.343. The smallest absolute Gasteiger partial charge is 0.289 e. The average molecular weight is 533 g/mol. The van der Waals surface area contributed by atoms with E-state index >= 15 is 0 Å². The van der Waals surface area contributed by atoms with Gasteiger partial charge in [0.1, 0.15) is 0 Å². The third-order valence-electron chi connectivity index (χ3n) is 5.22. The Kier molecular flexibility index (Phi) is 10.4. The lowest BCUT2D eigenvalue weighted by Gasteiger charge is -2.37. The summed E-state index contributed by atoms with van der Waals surface area (Å²) in [4.78, 5) is 23.8. The number of morpholine rings is 1. The second kappa shape index (κ2) is 12.5. The third-order valence-corrected chi connectivity index (χ3v) is 5.22. The van der Waals surface area contributed by atoms with E-state index < -0.39 is 0 Å². The molecule has 8 nitrogen and oxygen atoms in total. The highest BCUT2D eigenvalue weighted by molar-refractivity contribution is 14.0. The molecular formula is C21H36IN5O3. The predicted molar refractivity (Wildman–Crippen MR) is 129 cm³/mol. The lowest BCUT2D eigenvalue weighted by atomic mass is 10.2. The molecule has 2 saturated heterocycles. The maximum Gasteiger partial charge on any atom is 0.289 e. The largest absolute Gasteiger partial charge is 0.459 e. The number of halogens is 1. The Morgan fingerprint density at radius 3 is 2.60 bits per heavy atom. The molecule has 1 amide bonds. The zero-order valence-corrected chi connectivity index (χ0v) is 20.7. The summed E-state index contributed by atoms with van der Waals surface area (Å²) in [5.74, 6) is 1.92. The Hall–Kier alpha value is -1.33. The third kappa shape index (κ3) is 7.12. The first-order valence-electron chi connectivity index (χ1n) is 10.8. The van der Waals surface area contributed by atoms with E-state index in [0.717, 1.165) is 51.8 Å². The zero-order chi connectivity index (χ0) is 20.6. The van der Waals surface area contributed by atoms with Crippen molar-refractivity contribution in [2.75, 3.05) is 65.5 Å². The van der Waals surface area contributed by atoms with Crippen LogP contribution in [0.5, 0.6) is 0 Å². The van der Waals surface area contributed by atoms with Gasteiger partial charge in [0.15, 0.2) is 11.7 Å². The number of amides is 1. The van der Waals surface area contributed by atoms with Crippen molar-refractivity contribution in [2.24, 2.45) is 10.9 Å². The number of piperazine rings is 1. The monoisotopic (exact) mass is 533 g/mol. The van der Waals surface area contributed by atoms with Crippen molar-refractivity contribution in [3.8, 4) is 0 Å². The Bertz CT molecular complexity index is 660. The van der Waals surface area contributed by atoms with Gasteiger partial charge in [-0.3, -0.25) is 14.7 Å². The SMILES string of the molecule is CCNC(=NCC1CN(CC(C)C)CCO1)N1CCN(C(=O)c2ccco2)CC1.I. The van der Waals surface area contributed by atoms with Crippen LogP contribution in [-0.2, 0) is 4.74 Å². The van der Waals surface area contributed by atoms with Gasteiger partial charge in [-0.2, -0.15) is 0 Å². The molecule has 30 heavy (non-hydrogen) atoms. The van der Waals surface area contributed by atoms with E-state index in [1.54, 1.807) is 12.1 Å². The molecule has 2 aliphatic rings. The number of nitrogens with zero attached hydrogens (tertiary/aromatic N) is 4. The summed E-state index contributed by atoms with van der Waals surface area (Å²) in [7, 11) is 0. The highest BCUT2D eigenvalue weighted by Crippen LogP contribution is 2.11. The molecule has 0 spiro atoms. The van der Waals surface area contributed by atoms with Gasteiger partial charge in [-0.05, 0) is 25.0 Å². The minimum atomic E-state index is -0.0440. The first-order chi connectivity index (χ1) is 14.1. The van der Waals surface area contributed by atoms with Crippen LogP contribution in [0.25, 0.3) is 0 Å². The molecule has 3 heterocycles. The summed E-state index contributed by atoms with van der Waals surface area (Å²) in [5.41, 5.74) is 0. The fourth-order valence-corrected chi connectivity index (χ4v) is 3.86. The molecule has 2 fully saturated rings. The van der Waals surface area contributed by atoms with Crippen molar-refractivity contribution in [2.45, 2.75) is 26.9 Å². The summed E-state index contributed by atoms with van der Waals surface area (Å²) < 4.78 is 11.2. The van der Waals surface area contributed by atoms with Crippen LogP contribution in [0.4, 0.5) is 0 Å². The molecule has 9 heteroatoms. The highest BCUT2D eigenvalue weighted by Gasteiger charge is 2.26. The van der Waals surface area contributed by atoms with Crippen LogP contribution in [0.2, 0.25) is 0 Å². The molecule has 0 aliphatic carbocycles. The molecule has 1 N–H and O–H groups in total. The molecule has 0 bridgehead atoms. The summed E-state index contributed by atoms with van der Waals surface area (Å²) in [6.45, 7) is 14.7. The molecule has 0 aromatic carbocycles. The topological polar surface area (TPSA) is 73.6 Å². The fraction of sp³-hybridized carbons (Fsp3) is 0.714. The summed E-state index contributed by atoms with van der Waals surface area (Å²) in [6, 6.07) is 3.46. The van der Waals surface area contributed by atoms with Crippen molar-refractivity contribution >= 4 is 35.8 Å². The standard InChI is InChI=1S/C21H35N5O3.HI/c1-4-22-21(23-14-18-16-24(11-13-28-18)15-17(2)3)26-9-7-25(8-10-26)20(27)19-6-5-12-29-19;/h5-6,12,17-18H,4,7-11,13-16H2,1-3H3,(H,22,23);1H. The second-order valence-electron chi connectivity index (χ2n) is 8.10. The maximum atomic E-state index is 12.4. The van der Waals surface area contributed by atoms with Gasteiger partial charge in [0.05, 0.1) is 25.5 Å². The Balaban J connectivity index is 0.00000320. The van der Waals surface area contributed by atoms with Crippen molar-refractivity contribution in [1.82, 2.24) is 20.0 Å². The van der Waals surface area contributed by atoms with Gasteiger partial charge in [-0.1, -0.05) is 13.8 Å². The van der Waals surface area contributed by atoms with Crippen LogP contribution in [0.15, 0.2) is 27.8 Å². The minimum Gasteiger partial charge on any atom is -0.459 e. The van der Waals surface area contributed by atoms with Gasteiger partial charge >= 0.3 is 0 Å². The molecule has 2 aliphatic heterocycles. The number of rotatable bonds is 6. The van der Waals surface area contributed by atoms with Crippen molar-refractivity contribution in [3.05, 3.63) is 24.2 Å². The highest BCUT2D eigenvalue weighted by atomic mass is 127. The molecule has 1 aromatic heterocycles. The first kappa shape index (κ1) is 24.9. The number of aliphatic imine (C=N–C) groups is 1. The van der Waals surface area contributed by atoms with E-state index in [4.69, 9.17) is 14.1 Å². The lowest BCUT2D eigenvalue weighted by Crippen LogP contribution is -2.54. The summed E-state index contributed by atoms with van der Waals surface area (Å²) >= 11 is 0. The van der Waals surface area contributed by atoms with Gasteiger partial charge < -0.3 is 24.3 Å². The van der Waals surface area contributed by atoms with Crippen LogP contribution in [0.1, 0.15) is 31.3 Å². The number of carbonyl (C=O) groups is 1. The van der Waals surface area contributed by atoms with E-state index in [9.17, 15) is 4.79 Å². The van der Waals surface area contributed by atoms with Crippen LogP contribution in [-0.4, -0.2) is 98.2 Å². The maximum absolute atomic E-state index is 12.4. The summed E-state index contributed by atoms with van der Waals surface area (Å²) in [5, 5.41) is 3.39. The number of carbonyl (C=O) groups excluding carboxylic acids is 1. The number of hydrogen-bond donors (Lipinski definition) is 1. The van der Waals surface area contributed by atoms with Gasteiger partial charge in [0.2, 0.25) is 0 Å². The molecule has 3 rings (SSSR count). The van der Waals surface area contributed by atoms with Crippen LogP contribution in [0.3, 0.4) is 0 Å². The number of furan rings is 1. The zero-order valence-electron chi connectivity index (χ0n) is 18.4. The van der Waals surface area contributed by atoms with Crippen molar-refractivity contribution < 1.29 is 13.9 Å². The molecule has 0 saturated carbocycles. The number of guanidine groups is 1. The Labute approximate surface area is 197 Å². The number of ether oxygens (including phenoxy) is 1. The second-order valence-corrected chi connectivity index (χ2v) is 8.10. The number of nitrogens with one attached hydrogen (secondary N) is 1. The predicted octanol–water partition coefficient (Wildman–Crippen LogP) is 1.98. The molecule has 1 unspecified atom stereocenters. The fourth-order valence-electron chi connectivity index (χ4n) is 3.86. The lowest BCUT2D eigenvalue weighted by molar-refractivity contribution is -0.0262. The van der Waals surface area contributed by atoms with Gasteiger partial charge in [-0.15, -0.1) is 24.0 Å². The van der Waals surface area contributed by atoms with E-state index in [0.29, 0.717) is 31.3 Å². The normalized spacial score (nSPS) is 20.9. The average Bonchev–Trinajstić information content (AvgIpc) is 3.25. The molecular weight excluding hydrogens is 497 g/mol. The van der Waals surface area contributed by atoms with E-state index in [2.05, 4.69) is 35.9 Å². The van der Waals surface area contributed by atoms with Crippen LogP contribution < -0.4 is 5.32 Å². The summed E-state index contributed by atoms with van der Waals surface area (Å²) in [6.07, 6.45) is 1.67. The number of hydrogen-bond acceptors (Lipinski definition) is 5. The van der Waals surface area contributed by atoms with E-state index in [1.165, 1.54) is 6.26 Å². The van der Waals surface area contributed by atoms with Gasteiger partial charge in [0, 0.05) is 52.4 Å². The minimum absolute atomic E-state index is 0. The van der Waals surface area contributed by atoms with Gasteiger partial charge in [-0.25, -0.2) is 0 Å². The van der Waals surface area contributed by atoms with E-state index in [1.807, 2.05) is 4.90 Å². The van der Waals surface area contributed by atoms with Crippen molar-refractivity contribution in [1.29, 1.82) is 0 Å². The molecule has 0 radical (unpaired) electrons. The van der Waals surface area contributed by atoms with Crippen molar-refractivity contribution in [3.63, 3.8) is 0 Å². The van der Waals surface area contributed by atoms with Crippen LogP contribution >= 0.6 is 24.0 Å². The Morgan fingerprint density at radius 1 is 1.23 bits per heavy atom.